The highest BCUT2D eigenvalue weighted by molar-refractivity contribution is 5.55. The molecule has 2 aromatic heterocycles. The average Bonchev–Trinajstić information content (AvgIpc) is 2.60. The molecule has 2 rings (SSSR count). The number of aromatic nitrogens is 4. The van der Waals surface area contributed by atoms with Gasteiger partial charge in [-0.1, -0.05) is 0 Å². The molecule has 2 aromatic rings. The maximum absolute atomic E-state index is 9.08. The lowest BCUT2D eigenvalue weighted by Gasteiger charge is -2.06. The van der Waals surface area contributed by atoms with Crippen LogP contribution in [0.15, 0.2) is 12.3 Å². The lowest BCUT2D eigenvalue weighted by atomic mass is 10.2. The number of rotatable bonds is 3. The van der Waals surface area contributed by atoms with E-state index in [1.54, 1.807) is 17.9 Å². The van der Waals surface area contributed by atoms with Crippen molar-refractivity contribution in [2.24, 2.45) is 7.05 Å². The van der Waals surface area contributed by atoms with Gasteiger partial charge in [0.05, 0.1) is 17.9 Å². The van der Waals surface area contributed by atoms with E-state index in [1.807, 2.05) is 19.9 Å². The number of nitrogens with one attached hydrogen (secondary N) is 1. The number of hydrogen-bond donors (Lipinski definition) is 1. The second kappa shape index (κ2) is 4.84. The zero-order valence-electron chi connectivity index (χ0n) is 10.6. The third-order valence-corrected chi connectivity index (χ3v) is 2.60. The molecule has 6 heteroatoms. The van der Waals surface area contributed by atoms with E-state index in [4.69, 9.17) is 5.26 Å². The Morgan fingerprint density at radius 3 is 2.89 bits per heavy atom. The lowest BCUT2D eigenvalue weighted by molar-refractivity contribution is 0.756. The molecule has 6 nitrogen and oxygen atoms in total. The fourth-order valence-electron chi connectivity index (χ4n) is 1.77. The number of aryl methyl sites for hydroxylation is 3. The van der Waals surface area contributed by atoms with E-state index in [0.29, 0.717) is 17.9 Å². The summed E-state index contributed by atoms with van der Waals surface area (Å²) in [6.45, 7) is 4.20. The van der Waals surface area contributed by atoms with Crippen molar-refractivity contribution in [3.8, 4) is 6.07 Å². The van der Waals surface area contributed by atoms with Gasteiger partial charge in [0, 0.05) is 13.2 Å². The summed E-state index contributed by atoms with van der Waals surface area (Å²) in [5, 5.41) is 16.5. The molecule has 18 heavy (non-hydrogen) atoms. The van der Waals surface area contributed by atoms with E-state index >= 15 is 0 Å². The minimum absolute atomic E-state index is 0.539. The molecule has 0 aromatic carbocycles. The average molecular weight is 242 g/mol. The van der Waals surface area contributed by atoms with Crippen LogP contribution in [0, 0.1) is 25.2 Å². The Balaban J connectivity index is 2.19. The summed E-state index contributed by atoms with van der Waals surface area (Å²) in [6, 6.07) is 4.00. The molecule has 0 saturated heterocycles. The summed E-state index contributed by atoms with van der Waals surface area (Å²) in [7, 11) is 1.81. The molecule has 0 bridgehead atoms. The summed E-state index contributed by atoms with van der Waals surface area (Å²) in [4.78, 5) is 8.34. The molecule has 0 unspecified atom stereocenters. The van der Waals surface area contributed by atoms with Crippen molar-refractivity contribution in [3.63, 3.8) is 0 Å². The Morgan fingerprint density at radius 1 is 1.44 bits per heavy atom. The second-order valence-electron chi connectivity index (χ2n) is 3.99. The van der Waals surface area contributed by atoms with Gasteiger partial charge in [-0.2, -0.15) is 10.4 Å². The van der Waals surface area contributed by atoms with E-state index in [9.17, 15) is 0 Å². The van der Waals surface area contributed by atoms with Gasteiger partial charge in [0.1, 0.15) is 23.3 Å². The molecular weight excluding hydrogens is 228 g/mol. The summed E-state index contributed by atoms with van der Waals surface area (Å²) >= 11 is 0. The van der Waals surface area contributed by atoms with Crippen LogP contribution in [0.4, 0.5) is 5.82 Å². The van der Waals surface area contributed by atoms with Crippen molar-refractivity contribution >= 4 is 5.82 Å². The van der Waals surface area contributed by atoms with Gasteiger partial charge in [-0.05, 0) is 19.9 Å². The van der Waals surface area contributed by atoms with Crippen molar-refractivity contribution < 1.29 is 0 Å². The molecule has 0 fully saturated rings. The van der Waals surface area contributed by atoms with Crippen LogP contribution in [-0.2, 0) is 13.6 Å². The van der Waals surface area contributed by atoms with Crippen LogP contribution in [-0.4, -0.2) is 19.7 Å². The summed E-state index contributed by atoms with van der Waals surface area (Å²) < 4.78 is 1.67. The summed E-state index contributed by atoms with van der Waals surface area (Å²) in [6.07, 6.45) is 1.72. The zero-order valence-corrected chi connectivity index (χ0v) is 10.6. The van der Waals surface area contributed by atoms with Crippen molar-refractivity contribution in [1.82, 2.24) is 19.7 Å². The topological polar surface area (TPSA) is 79.4 Å². The maximum atomic E-state index is 9.08. The van der Waals surface area contributed by atoms with Crippen molar-refractivity contribution in [2.75, 3.05) is 5.32 Å². The largest absolute Gasteiger partial charge is 0.364 e. The summed E-state index contributed by atoms with van der Waals surface area (Å²) in [5.41, 5.74) is 2.18. The normalized spacial score (nSPS) is 10.1. The smallest absolute Gasteiger partial charge is 0.142 e. The van der Waals surface area contributed by atoms with E-state index < -0.39 is 0 Å². The molecule has 0 aliphatic carbocycles. The third-order valence-electron chi connectivity index (χ3n) is 2.60. The summed E-state index contributed by atoms with van der Waals surface area (Å²) in [5.74, 6) is 1.45. The van der Waals surface area contributed by atoms with Gasteiger partial charge in [0.2, 0.25) is 0 Å². The van der Waals surface area contributed by atoms with Gasteiger partial charge in [-0.3, -0.25) is 4.68 Å². The van der Waals surface area contributed by atoms with Gasteiger partial charge < -0.3 is 5.32 Å². The van der Waals surface area contributed by atoms with E-state index in [1.165, 1.54) is 0 Å². The number of nitrogens with zero attached hydrogens (tertiary/aromatic N) is 5. The van der Waals surface area contributed by atoms with E-state index in [0.717, 1.165) is 17.2 Å². The fraction of sp³-hybridized carbons (Fsp3) is 0.333. The first-order chi connectivity index (χ1) is 8.61. The maximum Gasteiger partial charge on any atom is 0.142 e. The molecule has 0 atom stereocenters. The van der Waals surface area contributed by atoms with Gasteiger partial charge >= 0.3 is 0 Å². The highest BCUT2D eigenvalue weighted by Crippen LogP contribution is 2.17. The van der Waals surface area contributed by atoms with Gasteiger partial charge in [-0.15, -0.1) is 0 Å². The van der Waals surface area contributed by atoms with Crippen molar-refractivity contribution in [3.05, 3.63) is 35.0 Å². The molecule has 2 heterocycles. The van der Waals surface area contributed by atoms with E-state index in [2.05, 4.69) is 26.5 Å². The van der Waals surface area contributed by atoms with Crippen molar-refractivity contribution in [2.45, 2.75) is 20.4 Å². The molecule has 0 saturated carbocycles. The minimum atomic E-state index is 0.539. The Labute approximate surface area is 105 Å². The molecule has 1 N–H and O–H groups in total. The Hall–Kier alpha value is -2.42. The number of nitriles is 1. The van der Waals surface area contributed by atoms with E-state index in [-0.39, 0.29) is 0 Å². The first kappa shape index (κ1) is 12.0. The third kappa shape index (κ3) is 2.30. The highest BCUT2D eigenvalue weighted by Gasteiger charge is 2.12. The van der Waals surface area contributed by atoms with Crippen LogP contribution in [0.5, 0.6) is 0 Å². The number of hydrogen-bond acceptors (Lipinski definition) is 5. The quantitative estimate of drug-likeness (QED) is 0.877. The molecule has 0 aliphatic heterocycles. The van der Waals surface area contributed by atoms with Crippen LogP contribution in [0.25, 0.3) is 0 Å². The molecule has 92 valence electrons. The lowest BCUT2D eigenvalue weighted by Crippen LogP contribution is -2.07. The molecule has 0 aliphatic rings. The van der Waals surface area contributed by atoms with Gasteiger partial charge in [-0.25, -0.2) is 9.97 Å². The monoisotopic (exact) mass is 242 g/mol. The highest BCUT2D eigenvalue weighted by atomic mass is 15.3. The zero-order chi connectivity index (χ0) is 13.1. The Bertz CT molecular complexity index is 608. The molecular formula is C12H14N6. The van der Waals surface area contributed by atoms with Crippen molar-refractivity contribution in [1.29, 1.82) is 5.26 Å². The SMILES string of the molecule is Cc1nccc(CNc2c(C#N)c(C)nn2C)n1. The fourth-order valence-corrected chi connectivity index (χ4v) is 1.77. The van der Waals surface area contributed by atoms with Crippen LogP contribution in [0.2, 0.25) is 0 Å². The van der Waals surface area contributed by atoms with Crippen LogP contribution >= 0.6 is 0 Å². The Kier molecular flexibility index (Phi) is 3.24. The predicted molar refractivity (Wildman–Crippen MR) is 66.8 cm³/mol. The van der Waals surface area contributed by atoms with Crippen LogP contribution in [0.3, 0.4) is 0 Å². The van der Waals surface area contributed by atoms with Crippen LogP contribution < -0.4 is 5.32 Å². The second-order valence-corrected chi connectivity index (χ2v) is 3.99. The first-order valence-corrected chi connectivity index (χ1v) is 5.58. The molecule has 0 spiro atoms. The molecule has 0 amide bonds. The predicted octanol–water partition coefficient (Wildman–Crippen LogP) is 1.31. The number of anilines is 1. The van der Waals surface area contributed by atoms with Gasteiger partial charge in [0.25, 0.3) is 0 Å². The van der Waals surface area contributed by atoms with Crippen LogP contribution in [0.1, 0.15) is 22.8 Å². The molecule has 0 radical (unpaired) electrons. The van der Waals surface area contributed by atoms with Gasteiger partial charge in [0.15, 0.2) is 0 Å². The first-order valence-electron chi connectivity index (χ1n) is 5.58. The standard InChI is InChI=1S/C12H14N6/c1-8-11(6-13)12(18(3)17-8)15-7-10-4-5-14-9(2)16-10/h4-5,15H,7H2,1-3H3. The Morgan fingerprint density at radius 2 is 2.22 bits per heavy atom. The minimum Gasteiger partial charge on any atom is -0.364 e.